The fourth-order valence-corrected chi connectivity index (χ4v) is 2.39. The Morgan fingerprint density at radius 1 is 1.50 bits per heavy atom. The monoisotopic (exact) mass is 312 g/mol. The lowest BCUT2D eigenvalue weighted by Gasteiger charge is -2.08. The Kier molecular flexibility index (Phi) is 4.92. The largest absolute Gasteiger partial charge is 0.456 e. The summed E-state index contributed by atoms with van der Waals surface area (Å²) in [6, 6.07) is 5.47. The van der Waals surface area contributed by atoms with E-state index in [0.717, 1.165) is 29.6 Å². The van der Waals surface area contributed by atoms with Crippen LogP contribution in [0.5, 0.6) is 0 Å². The average Bonchev–Trinajstić information content (AvgIpc) is 2.83. The minimum absolute atomic E-state index is 0.103. The molecule has 1 aromatic rings. The lowest BCUT2D eigenvalue weighted by molar-refractivity contribution is -0.134. The van der Waals surface area contributed by atoms with E-state index < -0.39 is 5.97 Å². The summed E-state index contributed by atoms with van der Waals surface area (Å²) in [5.74, 6) is -0.441. The van der Waals surface area contributed by atoms with Crippen molar-refractivity contribution in [1.82, 2.24) is 5.32 Å². The molecule has 1 aliphatic heterocycles. The van der Waals surface area contributed by atoms with Crippen molar-refractivity contribution >= 4 is 40.4 Å². The SMILES string of the molecule is CCc1cc(NSC(=O)NC2=CC(=O)OC2)ccc1Cl. The van der Waals surface area contributed by atoms with Crippen molar-refractivity contribution in [3.8, 4) is 0 Å². The molecule has 0 bridgehead atoms. The molecule has 5 nitrogen and oxygen atoms in total. The molecule has 0 atom stereocenters. The van der Waals surface area contributed by atoms with Crippen LogP contribution in [0, 0.1) is 0 Å². The molecule has 0 unspecified atom stereocenters. The Balaban J connectivity index is 1.87. The average molecular weight is 313 g/mol. The van der Waals surface area contributed by atoms with Crippen LogP contribution in [0.15, 0.2) is 30.0 Å². The van der Waals surface area contributed by atoms with Crippen LogP contribution in [-0.2, 0) is 16.0 Å². The molecule has 0 aromatic heterocycles. The summed E-state index contributed by atoms with van der Waals surface area (Å²) < 4.78 is 7.61. The summed E-state index contributed by atoms with van der Waals surface area (Å²) in [6.45, 7) is 2.11. The van der Waals surface area contributed by atoms with Crippen molar-refractivity contribution in [2.75, 3.05) is 11.3 Å². The maximum atomic E-state index is 11.7. The number of rotatable bonds is 4. The maximum absolute atomic E-state index is 11.7. The molecule has 0 spiro atoms. The van der Waals surface area contributed by atoms with Crippen molar-refractivity contribution in [3.63, 3.8) is 0 Å². The number of carbonyl (C=O) groups is 2. The number of aryl methyl sites for hydroxylation is 1. The van der Waals surface area contributed by atoms with Gasteiger partial charge in [0.2, 0.25) is 0 Å². The molecular weight excluding hydrogens is 300 g/mol. The topological polar surface area (TPSA) is 67.4 Å². The number of halogens is 1. The number of esters is 1. The number of hydrogen-bond donors (Lipinski definition) is 2. The van der Waals surface area contributed by atoms with E-state index in [1.807, 2.05) is 13.0 Å². The lowest BCUT2D eigenvalue weighted by Crippen LogP contribution is -2.20. The highest BCUT2D eigenvalue weighted by Gasteiger charge is 2.15. The molecule has 20 heavy (non-hydrogen) atoms. The van der Waals surface area contributed by atoms with Crippen molar-refractivity contribution in [2.45, 2.75) is 13.3 Å². The Morgan fingerprint density at radius 3 is 2.95 bits per heavy atom. The van der Waals surface area contributed by atoms with Gasteiger partial charge in [-0.05, 0) is 30.2 Å². The second kappa shape index (κ2) is 6.67. The number of carbonyl (C=O) groups excluding carboxylic acids is 2. The summed E-state index contributed by atoms with van der Waals surface area (Å²) in [7, 11) is 0. The van der Waals surface area contributed by atoms with Gasteiger partial charge >= 0.3 is 11.2 Å². The van der Waals surface area contributed by atoms with Gasteiger partial charge in [0.05, 0.1) is 5.70 Å². The molecule has 1 amide bonds. The fourth-order valence-electron chi connectivity index (χ4n) is 1.62. The van der Waals surface area contributed by atoms with Gasteiger partial charge in [-0.1, -0.05) is 18.5 Å². The molecule has 0 fully saturated rings. The number of benzene rings is 1. The van der Waals surface area contributed by atoms with Crippen molar-refractivity contribution < 1.29 is 14.3 Å². The van der Waals surface area contributed by atoms with E-state index >= 15 is 0 Å². The predicted molar refractivity (Wildman–Crippen MR) is 79.6 cm³/mol. The molecule has 2 rings (SSSR count). The second-order valence-corrected chi connectivity index (χ2v) is 5.24. The molecule has 1 aliphatic rings. The van der Waals surface area contributed by atoms with E-state index in [2.05, 4.69) is 14.8 Å². The highest BCUT2D eigenvalue weighted by Crippen LogP contribution is 2.23. The Labute approximate surface area is 125 Å². The van der Waals surface area contributed by atoms with Crippen LogP contribution in [0.1, 0.15) is 12.5 Å². The number of anilines is 1. The van der Waals surface area contributed by atoms with Gasteiger partial charge in [0.15, 0.2) is 0 Å². The van der Waals surface area contributed by atoms with Crippen LogP contribution in [-0.4, -0.2) is 17.8 Å². The van der Waals surface area contributed by atoms with Crippen molar-refractivity contribution in [2.24, 2.45) is 0 Å². The van der Waals surface area contributed by atoms with Crippen molar-refractivity contribution in [3.05, 3.63) is 40.6 Å². The normalized spacial score (nSPS) is 13.7. The first kappa shape index (κ1) is 14.7. The molecule has 1 aromatic carbocycles. The number of amides is 1. The van der Waals surface area contributed by atoms with Crippen LogP contribution in [0.4, 0.5) is 10.5 Å². The van der Waals surface area contributed by atoms with Crippen molar-refractivity contribution in [1.29, 1.82) is 0 Å². The minimum atomic E-state index is -0.441. The van der Waals surface area contributed by atoms with E-state index in [9.17, 15) is 9.59 Å². The van der Waals surface area contributed by atoms with E-state index in [4.69, 9.17) is 11.6 Å². The third kappa shape index (κ3) is 3.91. The number of cyclic esters (lactones) is 1. The first-order valence-electron chi connectivity index (χ1n) is 5.98. The van der Waals surface area contributed by atoms with Crippen LogP contribution in [0.25, 0.3) is 0 Å². The first-order valence-corrected chi connectivity index (χ1v) is 7.17. The van der Waals surface area contributed by atoms with Gasteiger partial charge in [0.25, 0.3) is 0 Å². The third-order valence-electron chi connectivity index (χ3n) is 2.61. The van der Waals surface area contributed by atoms with E-state index in [1.54, 1.807) is 12.1 Å². The van der Waals surface area contributed by atoms with Crippen LogP contribution >= 0.6 is 23.5 Å². The standard InChI is InChI=1S/C13H13ClN2O3S/c1-2-8-5-9(3-4-11(8)14)16-20-13(18)15-10-6-12(17)19-7-10/h3-6,16H,2,7H2,1H3,(H,15,18). The molecule has 0 radical (unpaired) electrons. The van der Waals surface area contributed by atoms with Gasteiger partial charge in [-0.3, -0.25) is 4.79 Å². The molecule has 106 valence electrons. The summed E-state index contributed by atoms with van der Waals surface area (Å²) in [5, 5.41) is 2.96. The van der Waals surface area contributed by atoms with E-state index in [1.165, 1.54) is 6.08 Å². The molecule has 0 aliphatic carbocycles. The highest BCUT2D eigenvalue weighted by atomic mass is 35.5. The second-order valence-electron chi connectivity index (χ2n) is 4.05. The zero-order valence-electron chi connectivity index (χ0n) is 10.7. The summed E-state index contributed by atoms with van der Waals surface area (Å²) in [5.41, 5.74) is 2.26. The van der Waals surface area contributed by atoms with E-state index in [0.29, 0.717) is 10.7 Å². The van der Waals surface area contributed by atoms with Gasteiger partial charge in [-0.25, -0.2) is 4.79 Å². The maximum Gasteiger partial charge on any atom is 0.333 e. The Morgan fingerprint density at radius 2 is 2.30 bits per heavy atom. The molecule has 7 heteroatoms. The summed E-state index contributed by atoms with van der Waals surface area (Å²) in [4.78, 5) is 22.5. The van der Waals surface area contributed by atoms with Gasteiger partial charge in [-0.15, -0.1) is 0 Å². The third-order valence-corrected chi connectivity index (χ3v) is 3.61. The minimum Gasteiger partial charge on any atom is -0.456 e. The number of hydrogen-bond acceptors (Lipinski definition) is 5. The smallest absolute Gasteiger partial charge is 0.333 e. The van der Waals surface area contributed by atoms with Gasteiger partial charge < -0.3 is 14.8 Å². The number of nitrogens with one attached hydrogen (secondary N) is 2. The zero-order chi connectivity index (χ0) is 14.5. The molecule has 0 saturated carbocycles. The van der Waals surface area contributed by atoms with Gasteiger partial charge in [0, 0.05) is 28.7 Å². The van der Waals surface area contributed by atoms with Gasteiger partial charge in [-0.2, -0.15) is 0 Å². The predicted octanol–water partition coefficient (Wildman–Crippen LogP) is 3.11. The lowest BCUT2D eigenvalue weighted by atomic mass is 10.1. The molecular formula is C13H13ClN2O3S. The molecule has 2 N–H and O–H groups in total. The van der Waals surface area contributed by atoms with Crippen LogP contribution in [0.3, 0.4) is 0 Å². The summed E-state index contributed by atoms with van der Waals surface area (Å²) in [6.07, 6.45) is 2.08. The highest BCUT2D eigenvalue weighted by molar-refractivity contribution is 8.14. The fraction of sp³-hybridized carbons (Fsp3) is 0.231. The number of ether oxygens (including phenoxy) is 1. The quantitative estimate of drug-likeness (QED) is 0.660. The van der Waals surface area contributed by atoms with Crippen LogP contribution < -0.4 is 10.0 Å². The van der Waals surface area contributed by atoms with Gasteiger partial charge in [0.1, 0.15) is 6.61 Å². The Bertz CT molecular complexity index is 575. The molecule has 0 saturated heterocycles. The summed E-state index contributed by atoms with van der Waals surface area (Å²) >= 11 is 6.91. The Hall–Kier alpha value is -1.66. The first-order chi connectivity index (χ1) is 9.58. The van der Waals surface area contributed by atoms with Crippen LogP contribution in [0.2, 0.25) is 5.02 Å². The van der Waals surface area contributed by atoms with E-state index in [-0.39, 0.29) is 11.8 Å². The zero-order valence-corrected chi connectivity index (χ0v) is 12.3. The molecule has 1 heterocycles.